The maximum absolute atomic E-state index is 11.9. The molecule has 0 radical (unpaired) electrons. The second-order valence-corrected chi connectivity index (χ2v) is 3.70. The summed E-state index contributed by atoms with van der Waals surface area (Å²) in [5.41, 5.74) is 2.85. The van der Waals surface area contributed by atoms with Crippen molar-refractivity contribution in [3.05, 3.63) is 23.9 Å². The molecule has 5 heteroatoms. The first-order valence-corrected chi connectivity index (χ1v) is 4.93. The van der Waals surface area contributed by atoms with Crippen molar-refractivity contribution in [1.29, 1.82) is 0 Å². The summed E-state index contributed by atoms with van der Waals surface area (Å²) in [6.45, 7) is 0. The lowest BCUT2D eigenvalue weighted by molar-refractivity contribution is 0.0779. The molecule has 1 amide bonds. The van der Waals surface area contributed by atoms with Crippen molar-refractivity contribution in [1.82, 2.24) is 9.88 Å². The van der Waals surface area contributed by atoms with Crippen LogP contribution in [0.5, 0.6) is 0 Å². The van der Waals surface area contributed by atoms with Gasteiger partial charge in [-0.15, -0.1) is 0 Å². The van der Waals surface area contributed by atoms with Gasteiger partial charge in [-0.1, -0.05) is 6.07 Å². The van der Waals surface area contributed by atoms with Gasteiger partial charge in [0, 0.05) is 13.1 Å². The van der Waals surface area contributed by atoms with E-state index in [4.69, 9.17) is 5.84 Å². The average molecular weight is 206 g/mol. The molecular formula is C10H14N4O. The molecule has 1 aliphatic rings. The molecule has 2 rings (SSSR count). The van der Waals surface area contributed by atoms with Crippen LogP contribution in [0.4, 0.5) is 5.82 Å². The molecule has 0 aliphatic heterocycles. The monoisotopic (exact) mass is 206 g/mol. The fourth-order valence-corrected chi connectivity index (χ4v) is 1.44. The number of hydrazine groups is 1. The topological polar surface area (TPSA) is 71.2 Å². The highest BCUT2D eigenvalue weighted by molar-refractivity contribution is 5.92. The van der Waals surface area contributed by atoms with Crippen molar-refractivity contribution in [2.45, 2.75) is 18.9 Å². The first kappa shape index (κ1) is 9.92. The van der Waals surface area contributed by atoms with Crippen LogP contribution < -0.4 is 11.3 Å². The van der Waals surface area contributed by atoms with E-state index in [2.05, 4.69) is 10.4 Å². The highest BCUT2D eigenvalue weighted by Gasteiger charge is 2.30. The Balaban J connectivity index is 2.16. The maximum atomic E-state index is 11.9. The molecular weight excluding hydrogens is 192 g/mol. The van der Waals surface area contributed by atoms with Crippen molar-refractivity contribution < 1.29 is 4.79 Å². The Morgan fingerprint density at radius 3 is 2.93 bits per heavy atom. The van der Waals surface area contributed by atoms with E-state index in [1.807, 2.05) is 7.05 Å². The van der Waals surface area contributed by atoms with E-state index >= 15 is 0 Å². The minimum Gasteiger partial charge on any atom is -0.337 e. The van der Waals surface area contributed by atoms with Crippen molar-refractivity contribution in [3.8, 4) is 0 Å². The predicted molar refractivity (Wildman–Crippen MR) is 57.2 cm³/mol. The van der Waals surface area contributed by atoms with Gasteiger partial charge in [0.25, 0.3) is 5.91 Å². The molecule has 1 fully saturated rings. The van der Waals surface area contributed by atoms with E-state index in [0.29, 0.717) is 17.6 Å². The Hall–Kier alpha value is -1.62. The molecule has 0 aromatic carbocycles. The van der Waals surface area contributed by atoms with Gasteiger partial charge < -0.3 is 10.3 Å². The molecule has 15 heavy (non-hydrogen) atoms. The molecule has 3 N–H and O–H groups in total. The number of nitrogens with two attached hydrogens (primary N) is 1. The molecule has 1 aromatic heterocycles. The van der Waals surface area contributed by atoms with Crippen molar-refractivity contribution in [2.24, 2.45) is 5.84 Å². The van der Waals surface area contributed by atoms with Gasteiger partial charge in [0.2, 0.25) is 0 Å². The zero-order chi connectivity index (χ0) is 10.8. The molecule has 0 unspecified atom stereocenters. The highest BCUT2D eigenvalue weighted by atomic mass is 16.2. The summed E-state index contributed by atoms with van der Waals surface area (Å²) in [6, 6.07) is 5.57. The standard InChI is InChI=1S/C10H14N4O/c1-14(7-5-6-7)10(15)8-3-2-4-9(12-8)13-11/h2-4,7H,5-6,11H2,1H3,(H,12,13). The van der Waals surface area contributed by atoms with E-state index in [9.17, 15) is 4.79 Å². The van der Waals surface area contributed by atoms with Crippen molar-refractivity contribution in [3.63, 3.8) is 0 Å². The lowest BCUT2D eigenvalue weighted by Gasteiger charge is -2.15. The number of carbonyl (C=O) groups excluding carboxylic acids is 1. The summed E-state index contributed by atoms with van der Waals surface area (Å²) in [4.78, 5) is 17.7. The van der Waals surface area contributed by atoms with E-state index < -0.39 is 0 Å². The van der Waals surface area contributed by atoms with Crippen molar-refractivity contribution in [2.75, 3.05) is 12.5 Å². The number of hydrogen-bond acceptors (Lipinski definition) is 4. The average Bonchev–Trinajstić information content (AvgIpc) is 3.11. The third-order valence-electron chi connectivity index (χ3n) is 2.53. The summed E-state index contributed by atoms with van der Waals surface area (Å²) in [7, 11) is 1.81. The van der Waals surface area contributed by atoms with E-state index in [1.165, 1.54) is 0 Å². The fraction of sp³-hybridized carbons (Fsp3) is 0.400. The van der Waals surface area contributed by atoms with E-state index in [1.54, 1.807) is 23.1 Å². The molecule has 1 heterocycles. The van der Waals surface area contributed by atoms with Crippen LogP contribution in [-0.4, -0.2) is 28.9 Å². The number of anilines is 1. The van der Waals surface area contributed by atoms with Crippen molar-refractivity contribution >= 4 is 11.7 Å². The summed E-state index contributed by atoms with van der Waals surface area (Å²) in [6.07, 6.45) is 2.19. The SMILES string of the molecule is CN(C(=O)c1cccc(NN)n1)C1CC1. The van der Waals surface area contributed by atoms with Gasteiger partial charge in [-0.3, -0.25) is 4.79 Å². The van der Waals surface area contributed by atoms with Crippen LogP contribution in [0.25, 0.3) is 0 Å². The van der Waals surface area contributed by atoms with Crippen LogP contribution in [0.15, 0.2) is 18.2 Å². The van der Waals surface area contributed by atoms with Crippen LogP contribution in [0.3, 0.4) is 0 Å². The molecule has 0 saturated heterocycles. The second-order valence-electron chi connectivity index (χ2n) is 3.70. The van der Waals surface area contributed by atoms with Crippen LogP contribution in [0.1, 0.15) is 23.3 Å². The zero-order valence-electron chi connectivity index (χ0n) is 8.60. The van der Waals surface area contributed by atoms with Gasteiger partial charge in [0.1, 0.15) is 11.5 Å². The minimum atomic E-state index is -0.0467. The molecule has 1 aliphatic carbocycles. The fourth-order valence-electron chi connectivity index (χ4n) is 1.44. The summed E-state index contributed by atoms with van der Waals surface area (Å²) >= 11 is 0. The summed E-state index contributed by atoms with van der Waals surface area (Å²) in [5.74, 6) is 5.69. The number of amides is 1. The van der Waals surface area contributed by atoms with E-state index in [0.717, 1.165) is 12.8 Å². The van der Waals surface area contributed by atoms with Crippen LogP contribution in [0, 0.1) is 0 Å². The van der Waals surface area contributed by atoms with Crippen LogP contribution >= 0.6 is 0 Å². The highest BCUT2D eigenvalue weighted by Crippen LogP contribution is 2.26. The quantitative estimate of drug-likeness (QED) is 0.561. The Labute approximate surface area is 88.3 Å². The predicted octanol–water partition coefficient (Wildman–Crippen LogP) is 0.602. The minimum absolute atomic E-state index is 0.0467. The number of hydrogen-bond donors (Lipinski definition) is 2. The molecule has 0 bridgehead atoms. The number of nitrogens with one attached hydrogen (secondary N) is 1. The van der Waals surface area contributed by atoms with Gasteiger partial charge in [-0.2, -0.15) is 0 Å². The molecule has 80 valence electrons. The number of pyridine rings is 1. The Bertz CT molecular complexity index is 375. The Morgan fingerprint density at radius 2 is 2.33 bits per heavy atom. The Morgan fingerprint density at radius 1 is 1.60 bits per heavy atom. The molecule has 0 atom stereocenters. The first-order chi connectivity index (χ1) is 7.22. The lowest BCUT2D eigenvalue weighted by Crippen LogP contribution is -2.29. The number of rotatable bonds is 3. The maximum Gasteiger partial charge on any atom is 0.272 e. The van der Waals surface area contributed by atoms with E-state index in [-0.39, 0.29) is 5.91 Å². The third kappa shape index (κ3) is 2.07. The van der Waals surface area contributed by atoms with Gasteiger partial charge in [0.05, 0.1) is 0 Å². The zero-order valence-corrected chi connectivity index (χ0v) is 8.60. The molecule has 0 spiro atoms. The van der Waals surface area contributed by atoms with Gasteiger partial charge in [-0.25, -0.2) is 10.8 Å². The number of carbonyl (C=O) groups is 1. The van der Waals surface area contributed by atoms with Crippen LogP contribution in [-0.2, 0) is 0 Å². The third-order valence-corrected chi connectivity index (χ3v) is 2.53. The first-order valence-electron chi connectivity index (χ1n) is 4.93. The summed E-state index contributed by atoms with van der Waals surface area (Å²) < 4.78 is 0. The number of nitrogen functional groups attached to an aromatic ring is 1. The van der Waals surface area contributed by atoms with Gasteiger partial charge in [0.15, 0.2) is 0 Å². The second kappa shape index (κ2) is 3.86. The van der Waals surface area contributed by atoms with Gasteiger partial charge >= 0.3 is 0 Å². The normalized spacial score (nSPS) is 14.8. The molecule has 5 nitrogen and oxygen atoms in total. The van der Waals surface area contributed by atoms with Gasteiger partial charge in [-0.05, 0) is 25.0 Å². The molecule has 1 saturated carbocycles. The number of aromatic nitrogens is 1. The van der Waals surface area contributed by atoms with Crippen LogP contribution in [0.2, 0.25) is 0 Å². The summed E-state index contributed by atoms with van der Waals surface area (Å²) in [5, 5.41) is 0. The lowest BCUT2D eigenvalue weighted by atomic mass is 10.3. The molecule has 1 aromatic rings. The Kier molecular flexibility index (Phi) is 2.55. The smallest absolute Gasteiger partial charge is 0.272 e. The number of nitrogens with zero attached hydrogens (tertiary/aromatic N) is 2. The largest absolute Gasteiger partial charge is 0.337 e.